The third-order valence-electron chi connectivity index (χ3n) is 9.43. The van der Waals surface area contributed by atoms with Crippen LogP contribution in [0.3, 0.4) is 0 Å². The van der Waals surface area contributed by atoms with E-state index in [1.54, 1.807) is 18.3 Å². The molecular formula is C33H31FN6O2. The van der Waals surface area contributed by atoms with Crippen LogP contribution in [-0.2, 0) is 0 Å². The largest absolute Gasteiger partial charge is 0.508 e. The molecule has 4 aromatic rings. The van der Waals surface area contributed by atoms with Crippen molar-refractivity contribution in [2.75, 3.05) is 37.7 Å². The van der Waals surface area contributed by atoms with Crippen LogP contribution in [0.25, 0.3) is 32.9 Å². The van der Waals surface area contributed by atoms with Gasteiger partial charge in [-0.2, -0.15) is 9.97 Å². The van der Waals surface area contributed by atoms with Gasteiger partial charge in [0.15, 0.2) is 5.82 Å². The lowest BCUT2D eigenvalue weighted by molar-refractivity contribution is 0.108. The molecule has 212 valence electrons. The molecule has 3 fully saturated rings. The first kappa shape index (κ1) is 25.5. The van der Waals surface area contributed by atoms with E-state index in [-0.39, 0.29) is 40.6 Å². The zero-order valence-corrected chi connectivity index (χ0v) is 23.2. The third-order valence-corrected chi connectivity index (χ3v) is 9.43. The molecule has 2 atom stereocenters. The van der Waals surface area contributed by atoms with Gasteiger partial charge >= 0.3 is 6.01 Å². The lowest BCUT2D eigenvalue weighted by Crippen LogP contribution is -2.52. The molecule has 6 heterocycles. The van der Waals surface area contributed by atoms with Crippen LogP contribution < -0.4 is 15.0 Å². The monoisotopic (exact) mass is 562 g/mol. The molecule has 42 heavy (non-hydrogen) atoms. The number of anilines is 1. The van der Waals surface area contributed by atoms with E-state index in [4.69, 9.17) is 16.1 Å². The maximum absolute atomic E-state index is 16.7. The second-order valence-electron chi connectivity index (χ2n) is 11.9. The van der Waals surface area contributed by atoms with Crippen LogP contribution in [0.2, 0.25) is 0 Å². The van der Waals surface area contributed by atoms with Crippen molar-refractivity contribution in [3.63, 3.8) is 0 Å². The summed E-state index contributed by atoms with van der Waals surface area (Å²) >= 11 is 0. The quantitative estimate of drug-likeness (QED) is 0.274. The van der Waals surface area contributed by atoms with Gasteiger partial charge in [0.05, 0.1) is 10.9 Å². The van der Waals surface area contributed by atoms with E-state index in [0.29, 0.717) is 52.8 Å². The molecule has 2 aromatic carbocycles. The van der Waals surface area contributed by atoms with Crippen molar-refractivity contribution in [2.24, 2.45) is 0 Å². The van der Waals surface area contributed by atoms with Gasteiger partial charge < -0.3 is 20.1 Å². The van der Waals surface area contributed by atoms with Gasteiger partial charge in [-0.1, -0.05) is 30.2 Å². The smallest absolute Gasteiger partial charge is 0.319 e. The summed E-state index contributed by atoms with van der Waals surface area (Å²) in [6, 6.07) is 9.15. The molecule has 2 bridgehead atoms. The standard InChI is InChI=1S/C33H31FN6O2/c1-2-20-6-3-7-21-14-24(41)15-25(27(20)21)29-28(34)30-26(16-35-29)31(39-17-22-8-9-23(18-39)36-22)38-32(37-30)42-19-33-10-4-12-40(33)13-5-11-33/h1,3,6-9,14-16,22-23,36,41H,4-5,10-13,17-19H2/t22-,23+. The van der Waals surface area contributed by atoms with E-state index in [1.165, 1.54) is 6.07 Å². The zero-order valence-electron chi connectivity index (χ0n) is 23.2. The summed E-state index contributed by atoms with van der Waals surface area (Å²) < 4.78 is 23.1. The third kappa shape index (κ3) is 4.01. The Morgan fingerprint density at radius 1 is 1.12 bits per heavy atom. The second-order valence-corrected chi connectivity index (χ2v) is 11.9. The number of phenolic OH excluding ortho intramolecular Hbond substituents is 1. The molecule has 8 rings (SSSR count). The van der Waals surface area contributed by atoms with Gasteiger partial charge in [0, 0.05) is 47.9 Å². The average Bonchev–Trinajstić information content (AvgIpc) is 3.68. The van der Waals surface area contributed by atoms with Crippen LogP contribution in [-0.4, -0.2) is 75.4 Å². The summed E-state index contributed by atoms with van der Waals surface area (Å²) in [4.78, 5) is 18.8. The first-order valence-corrected chi connectivity index (χ1v) is 14.7. The number of benzene rings is 2. The number of terminal acetylenes is 1. The number of nitrogens with zero attached hydrogens (tertiary/aromatic N) is 5. The number of fused-ring (bicyclic) bond motifs is 5. The Balaban J connectivity index is 1.27. The molecule has 3 saturated heterocycles. The summed E-state index contributed by atoms with van der Waals surface area (Å²) in [7, 11) is 0. The number of ether oxygens (including phenoxy) is 1. The summed E-state index contributed by atoms with van der Waals surface area (Å²) in [6.07, 6.45) is 16.3. The van der Waals surface area contributed by atoms with E-state index in [1.807, 2.05) is 12.1 Å². The highest BCUT2D eigenvalue weighted by atomic mass is 19.1. The highest BCUT2D eigenvalue weighted by molar-refractivity contribution is 6.02. The molecule has 2 aromatic heterocycles. The zero-order chi connectivity index (χ0) is 28.4. The van der Waals surface area contributed by atoms with Crippen molar-refractivity contribution < 1.29 is 14.2 Å². The Kier molecular flexibility index (Phi) is 5.85. The molecule has 4 aliphatic heterocycles. The Morgan fingerprint density at radius 2 is 1.90 bits per heavy atom. The van der Waals surface area contributed by atoms with Gasteiger partial charge in [-0.15, -0.1) is 6.42 Å². The number of hydrogen-bond donors (Lipinski definition) is 2. The SMILES string of the molecule is C#Cc1cccc2cc(O)cc(-c3ncc4c(N5C[C@H]6C=C[C@@H](C5)N6)nc(OCC56CCCN5CCC6)nc4c3F)c12. The normalized spacial score (nSPS) is 22.6. The fourth-order valence-electron chi connectivity index (χ4n) is 7.50. The van der Waals surface area contributed by atoms with Crippen molar-refractivity contribution in [3.8, 4) is 35.4 Å². The maximum atomic E-state index is 16.7. The number of halogens is 1. The molecule has 0 aliphatic carbocycles. The van der Waals surface area contributed by atoms with Gasteiger partial charge in [0.2, 0.25) is 0 Å². The molecule has 0 amide bonds. The van der Waals surface area contributed by atoms with Crippen LogP contribution >= 0.6 is 0 Å². The summed E-state index contributed by atoms with van der Waals surface area (Å²) in [5.41, 5.74) is 1.22. The molecule has 0 spiro atoms. The predicted octanol–water partition coefficient (Wildman–Crippen LogP) is 4.39. The van der Waals surface area contributed by atoms with Gasteiger partial charge in [-0.05, 0) is 62.4 Å². The van der Waals surface area contributed by atoms with Gasteiger partial charge in [-0.3, -0.25) is 9.88 Å². The molecule has 2 N–H and O–H groups in total. The average molecular weight is 563 g/mol. The van der Waals surface area contributed by atoms with E-state index in [2.05, 4.69) is 43.2 Å². The van der Waals surface area contributed by atoms with Crippen LogP contribution in [0.15, 0.2) is 48.7 Å². The topological polar surface area (TPSA) is 86.6 Å². The Labute approximate surface area is 243 Å². The number of rotatable bonds is 5. The number of aromatic nitrogens is 3. The molecule has 4 aliphatic rings. The summed E-state index contributed by atoms with van der Waals surface area (Å²) in [6.45, 7) is 4.05. The lowest BCUT2D eigenvalue weighted by Gasteiger charge is -2.34. The number of nitrogens with one attached hydrogen (secondary N) is 1. The van der Waals surface area contributed by atoms with Crippen LogP contribution in [0, 0.1) is 18.2 Å². The van der Waals surface area contributed by atoms with E-state index < -0.39 is 5.82 Å². The molecule has 9 heteroatoms. The number of hydrogen-bond acceptors (Lipinski definition) is 8. The van der Waals surface area contributed by atoms with Crippen molar-refractivity contribution in [2.45, 2.75) is 43.3 Å². The number of aromatic hydroxyl groups is 1. The first-order chi connectivity index (χ1) is 20.5. The summed E-state index contributed by atoms with van der Waals surface area (Å²) in [5, 5.41) is 16.0. The van der Waals surface area contributed by atoms with Crippen molar-refractivity contribution >= 4 is 27.5 Å². The van der Waals surface area contributed by atoms with Crippen molar-refractivity contribution in [1.82, 2.24) is 25.2 Å². The fourth-order valence-corrected chi connectivity index (χ4v) is 7.50. The number of phenols is 1. The molecule has 8 nitrogen and oxygen atoms in total. The Bertz CT molecular complexity index is 1790. The predicted molar refractivity (Wildman–Crippen MR) is 160 cm³/mol. The Morgan fingerprint density at radius 3 is 2.67 bits per heavy atom. The van der Waals surface area contributed by atoms with Crippen molar-refractivity contribution in [3.05, 3.63) is 60.1 Å². The number of pyridine rings is 1. The highest BCUT2D eigenvalue weighted by Crippen LogP contribution is 2.41. The summed E-state index contributed by atoms with van der Waals surface area (Å²) in [5.74, 6) is 2.71. The maximum Gasteiger partial charge on any atom is 0.319 e. The molecule has 0 unspecified atom stereocenters. The van der Waals surface area contributed by atoms with E-state index in [0.717, 1.165) is 38.8 Å². The van der Waals surface area contributed by atoms with E-state index in [9.17, 15) is 5.11 Å². The highest BCUT2D eigenvalue weighted by Gasteiger charge is 2.45. The number of piperazine rings is 1. The second kappa shape index (κ2) is 9.65. The van der Waals surface area contributed by atoms with Crippen molar-refractivity contribution in [1.29, 1.82) is 0 Å². The van der Waals surface area contributed by atoms with Crippen LogP contribution in [0.5, 0.6) is 11.8 Å². The minimum Gasteiger partial charge on any atom is -0.508 e. The van der Waals surface area contributed by atoms with Gasteiger partial charge in [0.25, 0.3) is 0 Å². The van der Waals surface area contributed by atoms with Gasteiger partial charge in [-0.25, -0.2) is 4.39 Å². The first-order valence-electron chi connectivity index (χ1n) is 14.7. The van der Waals surface area contributed by atoms with Crippen LogP contribution in [0.4, 0.5) is 10.2 Å². The molecule has 0 radical (unpaired) electrons. The fraction of sp³-hybridized carbons (Fsp3) is 0.364. The van der Waals surface area contributed by atoms with E-state index >= 15 is 4.39 Å². The Hall–Kier alpha value is -4.26. The van der Waals surface area contributed by atoms with Gasteiger partial charge in [0.1, 0.15) is 29.4 Å². The minimum absolute atomic E-state index is 0.00102. The lowest BCUT2D eigenvalue weighted by atomic mass is 9.95. The molecular weight excluding hydrogens is 531 g/mol. The molecule has 0 saturated carbocycles. The van der Waals surface area contributed by atoms with Crippen LogP contribution in [0.1, 0.15) is 31.2 Å². The minimum atomic E-state index is -0.600.